The molecule has 1 aliphatic rings. The van der Waals surface area contributed by atoms with Gasteiger partial charge >= 0.3 is 5.97 Å². The van der Waals surface area contributed by atoms with Crippen LogP contribution in [0, 0.1) is 0 Å². The molecular weight excluding hydrogens is 1050 g/mol. The molecule has 0 aromatic heterocycles. The summed E-state index contributed by atoms with van der Waals surface area (Å²) in [6, 6.07) is -1.02. The van der Waals surface area contributed by atoms with Gasteiger partial charge in [-0.15, -0.1) is 0 Å². The number of ether oxygens (including phenoxy) is 3. The van der Waals surface area contributed by atoms with E-state index in [0.717, 1.165) is 64.2 Å². The van der Waals surface area contributed by atoms with Crippen molar-refractivity contribution in [1.82, 2.24) is 5.32 Å². The predicted molar refractivity (Wildman–Crippen MR) is 352 cm³/mol. The van der Waals surface area contributed by atoms with Crippen LogP contribution in [0.1, 0.15) is 342 Å². The highest BCUT2D eigenvalue weighted by atomic mass is 16.7. The average Bonchev–Trinajstić information content (AvgIpc) is 3.65. The summed E-state index contributed by atoms with van der Waals surface area (Å²) in [5.41, 5.74) is 0. The van der Waals surface area contributed by atoms with Crippen LogP contribution in [0.3, 0.4) is 0 Å². The van der Waals surface area contributed by atoms with Crippen LogP contribution in [-0.2, 0) is 23.8 Å². The standard InChI is InChI=1S/C73H135NO10/c1-4-7-10-13-16-19-22-25-27-29-31-33-34-35-37-39-41-43-46-49-52-55-58-61-68(78)84-71-70(80)69(79)67(62-75)83-73(71)82-63-64(65(76)59-56-53-50-47-44-24-21-18-15-12-9-6-3)74-72(81)66(77)60-57-54-51-48-45-42-40-38-36-32-30-28-26-23-20-17-14-11-8-5-2/h16,19,25-28,56,59,64-67,69-71,73,75-77,79-80H,4-15,17-18,20-24,29-55,57-58,60-63H2,1-3H3,(H,74,81)/b19-16-,27-25-,28-26+,59-56+. The Morgan fingerprint density at radius 3 is 1.25 bits per heavy atom. The van der Waals surface area contributed by atoms with Crippen LogP contribution < -0.4 is 5.32 Å². The number of hydrogen-bond donors (Lipinski definition) is 6. The number of esters is 1. The molecule has 11 heteroatoms. The fourth-order valence-electron chi connectivity index (χ4n) is 11.3. The molecule has 6 N–H and O–H groups in total. The summed E-state index contributed by atoms with van der Waals surface area (Å²) in [6.07, 6.45) is 65.8. The number of carbonyl (C=O) groups is 2. The number of unbranched alkanes of at least 4 members (excludes halogenated alkanes) is 42. The minimum absolute atomic E-state index is 0.124. The summed E-state index contributed by atoms with van der Waals surface area (Å²) < 4.78 is 17.7. The highest BCUT2D eigenvalue weighted by Crippen LogP contribution is 2.26. The second kappa shape index (κ2) is 60.9. The Bertz CT molecular complexity index is 1550. The van der Waals surface area contributed by atoms with E-state index in [-0.39, 0.29) is 13.0 Å². The van der Waals surface area contributed by atoms with Gasteiger partial charge in [-0.05, 0) is 83.5 Å². The first kappa shape index (κ1) is 79.6. The smallest absolute Gasteiger partial charge is 0.306 e. The summed E-state index contributed by atoms with van der Waals surface area (Å²) in [4.78, 5) is 26.7. The lowest BCUT2D eigenvalue weighted by atomic mass is 9.99. The van der Waals surface area contributed by atoms with Gasteiger partial charge in [0.1, 0.15) is 24.4 Å². The Morgan fingerprint density at radius 1 is 0.464 bits per heavy atom. The molecule has 0 saturated carbocycles. The lowest BCUT2D eigenvalue weighted by molar-refractivity contribution is -0.305. The van der Waals surface area contributed by atoms with Gasteiger partial charge in [0.15, 0.2) is 12.4 Å². The molecule has 1 aliphatic heterocycles. The topological polar surface area (TPSA) is 175 Å². The van der Waals surface area contributed by atoms with Crippen molar-refractivity contribution >= 4 is 11.9 Å². The Balaban J connectivity index is 2.57. The molecule has 11 nitrogen and oxygen atoms in total. The van der Waals surface area contributed by atoms with Gasteiger partial charge in [-0.3, -0.25) is 9.59 Å². The highest BCUT2D eigenvalue weighted by molar-refractivity contribution is 5.80. The fraction of sp³-hybridized carbons (Fsp3) is 0.863. The van der Waals surface area contributed by atoms with Crippen molar-refractivity contribution < 1.29 is 49.3 Å². The van der Waals surface area contributed by atoms with Crippen molar-refractivity contribution in [3.8, 4) is 0 Å². The van der Waals surface area contributed by atoms with Crippen LogP contribution in [0.5, 0.6) is 0 Å². The summed E-state index contributed by atoms with van der Waals surface area (Å²) in [5.74, 6) is -1.18. The van der Waals surface area contributed by atoms with Gasteiger partial charge in [0.05, 0.1) is 25.4 Å². The predicted octanol–water partition coefficient (Wildman–Crippen LogP) is 18.3. The van der Waals surface area contributed by atoms with Crippen LogP contribution in [0.2, 0.25) is 0 Å². The maximum Gasteiger partial charge on any atom is 0.306 e. The quantitative estimate of drug-likeness (QED) is 0.0195. The molecule has 1 fully saturated rings. The van der Waals surface area contributed by atoms with E-state index in [0.29, 0.717) is 19.3 Å². The molecule has 0 aromatic carbocycles. The zero-order valence-electron chi connectivity index (χ0n) is 54.8. The minimum Gasteiger partial charge on any atom is -0.454 e. The van der Waals surface area contributed by atoms with Crippen LogP contribution in [0.25, 0.3) is 0 Å². The van der Waals surface area contributed by atoms with Crippen LogP contribution >= 0.6 is 0 Å². The van der Waals surface area contributed by atoms with Gasteiger partial charge in [-0.2, -0.15) is 0 Å². The van der Waals surface area contributed by atoms with Crippen LogP contribution in [-0.4, -0.2) is 99.6 Å². The molecule has 0 radical (unpaired) electrons. The maximum atomic E-state index is 13.5. The third-order valence-electron chi connectivity index (χ3n) is 17.0. The fourth-order valence-corrected chi connectivity index (χ4v) is 11.3. The number of aliphatic hydroxyl groups excluding tert-OH is 5. The van der Waals surface area contributed by atoms with Gasteiger partial charge in [-0.1, -0.05) is 301 Å². The van der Waals surface area contributed by atoms with Crippen molar-refractivity contribution in [1.29, 1.82) is 0 Å². The minimum atomic E-state index is -1.61. The monoisotopic (exact) mass is 1190 g/mol. The van der Waals surface area contributed by atoms with Crippen molar-refractivity contribution in [2.24, 2.45) is 0 Å². The number of carbonyl (C=O) groups excluding carboxylic acids is 2. The van der Waals surface area contributed by atoms with Gasteiger partial charge in [0, 0.05) is 6.42 Å². The maximum absolute atomic E-state index is 13.5. The number of aliphatic hydroxyl groups is 5. The molecule has 8 unspecified atom stereocenters. The summed E-state index contributed by atoms with van der Waals surface area (Å²) >= 11 is 0. The molecule has 0 bridgehead atoms. The zero-order chi connectivity index (χ0) is 61.0. The third-order valence-corrected chi connectivity index (χ3v) is 17.0. The molecule has 0 aromatic rings. The largest absolute Gasteiger partial charge is 0.454 e. The summed E-state index contributed by atoms with van der Waals surface area (Å²) in [6.45, 7) is 5.81. The Hall–Kier alpha value is -2.38. The van der Waals surface area contributed by atoms with Gasteiger partial charge in [-0.25, -0.2) is 0 Å². The lowest BCUT2D eigenvalue weighted by Crippen LogP contribution is -2.61. The Labute approximate surface area is 516 Å². The second-order valence-corrected chi connectivity index (χ2v) is 25.0. The molecule has 0 aliphatic carbocycles. The van der Waals surface area contributed by atoms with E-state index in [1.165, 1.54) is 231 Å². The van der Waals surface area contributed by atoms with Crippen LogP contribution in [0.15, 0.2) is 48.6 Å². The Morgan fingerprint density at radius 2 is 0.821 bits per heavy atom. The highest BCUT2D eigenvalue weighted by Gasteiger charge is 2.47. The molecule has 1 amide bonds. The zero-order valence-corrected chi connectivity index (χ0v) is 54.8. The molecule has 84 heavy (non-hydrogen) atoms. The number of allylic oxidation sites excluding steroid dienone is 7. The average molecular weight is 1190 g/mol. The van der Waals surface area contributed by atoms with E-state index < -0.39 is 67.4 Å². The molecule has 1 rings (SSSR count). The molecule has 8 atom stereocenters. The van der Waals surface area contributed by atoms with Crippen molar-refractivity contribution in [3.63, 3.8) is 0 Å². The van der Waals surface area contributed by atoms with E-state index in [1.54, 1.807) is 6.08 Å². The van der Waals surface area contributed by atoms with Crippen molar-refractivity contribution in [3.05, 3.63) is 48.6 Å². The van der Waals surface area contributed by atoms with E-state index >= 15 is 0 Å². The molecule has 492 valence electrons. The molecule has 1 saturated heterocycles. The Kier molecular flexibility index (Phi) is 57.7. The number of rotatable bonds is 62. The summed E-state index contributed by atoms with van der Waals surface area (Å²) in [5, 5.41) is 57.2. The van der Waals surface area contributed by atoms with Crippen molar-refractivity contribution in [2.75, 3.05) is 13.2 Å². The van der Waals surface area contributed by atoms with E-state index in [1.807, 2.05) is 6.08 Å². The number of amides is 1. The summed E-state index contributed by atoms with van der Waals surface area (Å²) in [7, 11) is 0. The van der Waals surface area contributed by atoms with E-state index in [4.69, 9.17) is 14.2 Å². The van der Waals surface area contributed by atoms with E-state index in [2.05, 4.69) is 62.5 Å². The molecule has 0 spiro atoms. The molecular formula is C73H135NO10. The SMILES string of the molecule is CCCCC/C=C\C/C=C\CCCCCCCCCCCCCCCC(=O)OC1C(OCC(NC(=O)C(O)CCCCCCCCCCCC/C=C/CCCCCCCC)C(O)/C=C/CCCCCCCCCCCC)OC(CO)C(O)C1O. The van der Waals surface area contributed by atoms with Crippen LogP contribution in [0.4, 0.5) is 0 Å². The number of hydrogen-bond acceptors (Lipinski definition) is 10. The van der Waals surface area contributed by atoms with Gasteiger partial charge in [0.2, 0.25) is 5.91 Å². The third kappa shape index (κ3) is 47.7. The normalized spacial score (nSPS) is 18.7. The lowest BCUT2D eigenvalue weighted by Gasteiger charge is -2.41. The second-order valence-electron chi connectivity index (χ2n) is 25.0. The number of nitrogens with one attached hydrogen (secondary N) is 1. The van der Waals surface area contributed by atoms with Gasteiger partial charge in [0.25, 0.3) is 0 Å². The molecule has 1 heterocycles. The van der Waals surface area contributed by atoms with Gasteiger partial charge < -0.3 is 45.1 Å². The first-order chi connectivity index (χ1) is 41.2. The first-order valence-corrected chi connectivity index (χ1v) is 35.9. The van der Waals surface area contributed by atoms with Crippen molar-refractivity contribution in [2.45, 2.75) is 391 Å². The first-order valence-electron chi connectivity index (χ1n) is 35.9. The van der Waals surface area contributed by atoms with E-state index in [9.17, 15) is 35.1 Å².